The minimum Gasteiger partial charge on any atom is -0.508 e. The van der Waals surface area contributed by atoms with E-state index in [1.807, 2.05) is 0 Å². The summed E-state index contributed by atoms with van der Waals surface area (Å²) >= 11 is 0. The number of aromatic hydroxyl groups is 1. The van der Waals surface area contributed by atoms with Crippen LogP contribution in [0.5, 0.6) is 5.75 Å². The normalized spacial score (nSPS) is 10.5. The van der Waals surface area contributed by atoms with Crippen LogP contribution in [0.2, 0.25) is 0 Å². The molecule has 2 N–H and O–H groups in total. The maximum absolute atomic E-state index is 12.0. The van der Waals surface area contributed by atoms with Gasteiger partial charge >= 0.3 is 5.76 Å². The predicted octanol–water partition coefficient (Wildman–Crippen LogP) is 1.43. The molecule has 138 valence electrons. The Morgan fingerprint density at radius 2 is 2.00 bits per heavy atom. The number of rotatable bonds is 6. The highest BCUT2D eigenvalue weighted by Crippen LogP contribution is 2.22. The molecule has 3 aromatic rings. The molecule has 0 spiro atoms. The molecule has 0 unspecified atom stereocenters. The van der Waals surface area contributed by atoms with E-state index in [1.165, 1.54) is 6.07 Å². The zero-order valence-corrected chi connectivity index (χ0v) is 13.9. The summed E-state index contributed by atoms with van der Waals surface area (Å²) in [5.41, 5.74) is 0.558. The number of amides is 1. The number of phenols is 1. The third kappa shape index (κ3) is 4.18. The van der Waals surface area contributed by atoms with Crippen LogP contribution >= 0.6 is 0 Å². The smallest absolute Gasteiger partial charge is 0.437 e. The number of hydrogen-bond acceptors (Lipinski definition) is 7. The van der Waals surface area contributed by atoms with Gasteiger partial charge in [0.1, 0.15) is 12.3 Å². The van der Waals surface area contributed by atoms with Crippen molar-refractivity contribution in [3.05, 3.63) is 74.8 Å². The molecule has 0 saturated heterocycles. The van der Waals surface area contributed by atoms with Crippen molar-refractivity contribution in [2.75, 3.05) is 0 Å². The van der Waals surface area contributed by atoms with Gasteiger partial charge in [0.15, 0.2) is 0 Å². The van der Waals surface area contributed by atoms with Gasteiger partial charge in [-0.25, -0.2) is 4.79 Å². The zero-order chi connectivity index (χ0) is 19.4. The second-order valence-electron chi connectivity index (χ2n) is 5.54. The molecule has 0 bridgehead atoms. The molecule has 27 heavy (non-hydrogen) atoms. The molecule has 0 fully saturated rings. The first kappa shape index (κ1) is 17.9. The molecular formula is C17H14N4O6. The molecule has 3 rings (SSSR count). The van der Waals surface area contributed by atoms with Gasteiger partial charge in [-0.15, -0.1) is 5.10 Å². The SMILES string of the molecule is O=C(Cn1nc(-c2ccccc2)oc1=O)NCc1cc([N+](=O)[O-])ccc1O. The van der Waals surface area contributed by atoms with Crippen molar-refractivity contribution in [3.8, 4) is 17.2 Å². The average Bonchev–Trinajstić information content (AvgIpc) is 3.02. The fourth-order valence-corrected chi connectivity index (χ4v) is 2.32. The first-order chi connectivity index (χ1) is 12.9. The summed E-state index contributed by atoms with van der Waals surface area (Å²) in [6, 6.07) is 12.2. The van der Waals surface area contributed by atoms with Crippen molar-refractivity contribution in [2.24, 2.45) is 0 Å². The lowest BCUT2D eigenvalue weighted by Crippen LogP contribution is -2.31. The molecule has 10 nitrogen and oxygen atoms in total. The molecule has 0 aliphatic rings. The van der Waals surface area contributed by atoms with Gasteiger partial charge in [-0.2, -0.15) is 4.68 Å². The Hall–Kier alpha value is -3.95. The van der Waals surface area contributed by atoms with E-state index in [0.717, 1.165) is 16.8 Å². The number of aromatic nitrogens is 2. The minimum atomic E-state index is -0.790. The van der Waals surface area contributed by atoms with Crippen LogP contribution in [0.15, 0.2) is 57.7 Å². The van der Waals surface area contributed by atoms with Crippen LogP contribution in [-0.4, -0.2) is 25.7 Å². The van der Waals surface area contributed by atoms with E-state index in [0.29, 0.717) is 5.56 Å². The number of carbonyl (C=O) groups is 1. The summed E-state index contributed by atoms with van der Waals surface area (Å²) < 4.78 is 5.89. The Labute approximate surface area is 151 Å². The van der Waals surface area contributed by atoms with Crippen LogP contribution in [0, 0.1) is 10.1 Å². The predicted molar refractivity (Wildman–Crippen MR) is 92.8 cm³/mol. The molecule has 1 amide bonds. The van der Waals surface area contributed by atoms with Gasteiger partial charge < -0.3 is 14.8 Å². The first-order valence-electron chi connectivity index (χ1n) is 7.80. The zero-order valence-electron chi connectivity index (χ0n) is 13.9. The Bertz CT molecular complexity index is 1040. The molecule has 0 aliphatic heterocycles. The van der Waals surface area contributed by atoms with E-state index in [9.17, 15) is 24.8 Å². The van der Waals surface area contributed by atoms with Crippen LogP contribution in [0.25, 0.3) is 11.5 Å². The molecule has 0 saturated carbocycles. The molecular weight excluding hydrogens is 356 g/mol. The Balaban J connectivity index is 1.67. The highest BCUT2D eigenvalue weighted by atomic mass is 16.6. The van der Waals surface area contributed by atoms with Crippen LogP contribution in [0.1, 0.15) is 5.56 Å². The largest absolute Gasteiger partial charge is 0.508 e. The second-order valence-corrected chi connectivity index (χ2v) is 5.54. The van der Waals surface area contributed by atoms with E-state index in [-0.39, 0.29) is 29.4 Å². The number of non-ortho nitro benzene ring substituents is 1. The quantitative estimate of drug-likeness (QED) is 0.494. The summed E-state index contributed by atoms with van der Waals surface area (Å²) in [6.45, 7) is -0.546. The summed E-state index contributed by atoms with van der Waals surface area (Å²) in [7, 11) is 0. The van der Waals surface area contributed by atoms with E-state index >= 15 is 0 Å². The Kier molecular flexibility index (Phi) is 4.97. The van der Waals surface area contributed by atoms with E-state index < -0.39 is 23.1 Å². The van der Waals surface area contributed by atoms with Crippen LogP contribution in [0.3, 0.4) is 0 Å². The number of nitro benzene ring substituents is 1. The molecule has 2 aromatic carbocycles. The van der Waals surface area contributed by atoms with E-state index in [4.69, 9.17) is 4.42 Å². The highest BCUT2D eigenvalue weighted by Gasteiger charge is 2.14. The average molecular weight is 370 g/mol. The van der Waals surface area contributed by atoms with Crippen molar-refractivity contribution in [3.63, 3.8) is 0 Å². The lowest BCUT2D eigenvalue weighted by molar-refractivity contribution is -0.384. The van der Waals surface area contributed by atoms with Crippen molar-refractivity contribution in [2.45, 2.75) is 13.1 Å². The highest BCUT2D eigenvalue weighted by molar-refractivity contribution is 5.75. The Morgan fingerprint density at radius 1 is 1.26 bits per heavy atom. The maximum atomic E-state index is 12.0. The van der Waals surface area contributed by atoms with Crippen LogP contribution in [0.4, 0.5) is 5.69 Å². The lowest BCUT2D eigenvalue weighted by Gasteiger charge is -2.06. The van der Waals surface area contributed by atoms with E-state index in [2.05, 4.69) is 10.4 Å². The standard InChI is InChI=1S/C17H14N4O6/c22-14-7-6-13(21(25)26)8-12(14)9-18-15(23)10-20-17(24)27-16(19-20)11-4-2-1-3-5-11/h1-8,22H,9-10H2,(H,18,23). The number of phenolic OH excluding ortho intramolecular Hbond substituents is 1. The van der Waals surface area contributed by atoms with Crippen LogP contribution < -0.4 is 11.1 Å². The van der Waals surface area contributed by atoms with Crippen molar-refractivity contribution < 1.29 is 19.2 Å². The van der Waals surface area contributed by atoms with Gasteiger partial charge in [0.25, 0.3) is 5.69 Å². The second kappa shape index (κ2) is 7.52. The third-order valence-corrected chi connectivity index (χ3v) is 3.67. The first-order valence-corrected chi connectivity index (χ1v) is 7.80. The van der Waals surface area contributed by atoms with Crippen molar-refractivity contribution >= 4 is 11.6 Å². The van der Waals surface area contributed by atoms with Gasteiger partial charge in [-0.1, -0.05) is 18.2 Å². The number of nitrogens with one attached hydrogen (secondary N) is 1. The third-order valence-electron chi connectivity index (χ3n) is 3.67. The van der Waals surface area contributed by atoms with Gasteiger partial charge in [0, 0.05) is 29.8 Å². The summed E-state index contributed by atoms with van der Waals surface area (Å²) in [5, 5.41) is 27.0. The minimum absolute atomic E-state index is 0.0877. The fraction of sp³-hybridized carbons (Fsp3) is 0.118. The van der Waals surface area contributed by atoms with Gasteiger partial charge in [0.05, 0.1) is 4.92 Å². The number of hydrogen-bond donors (Lipinski definition) is 2. The number of nitrogens with zero attached hydrogens (tertiary/aromatic N) is 3. The molecule has 0 radical (unpaired) electrons. The van der Waals surface area contributed by atoms with Crippen molar-refractivity contribution in [1.82, 2.24) is 15.1 Å². The molecule has 0 aliphatic carbocycles. The molecule has 0 atom stereocenters. The lowest BCUT2D eigenvalue weighted by atomic mass is 10.2. The van der Waals surface area contributed by atoms with Gasteiger partial charge in [-0.3, -0.25) is 14.9 Å². The Morgan fingerprint density at radius 3 is 2.70 bits per heavy atom. The van der Waals surface area contributed by atoms with E-state index in [1.54, 1.807) is 30.3 Å². The van der Waals surface area contributed by atoms with Crippen molar-refractivity contribution in [1.29, 1.82) is 0 Å². The number of nitro groups is 1. The summed E-state index contributed by atoms with van der Waals surface area (Å²) in [6.07, 6.45) is 0. The monoisotopic (exact) mass is 370 g/mol. The molecule has 1 heterocycles. The number of benzene rings is 2. The molecule has 1 aromatic heterocycles. The maximum Gasteiger partial charge on any atom is 0.437 e. The molecule has 10 heteroatoms. The van der Waals surface area contributed by atoms with Gasteiger partial charge in [-0.05, 0) is 18.2 Å². The fourth-order valence-electron chi connectivity index (χ4n) is 2.32. The summed E-state index contributed by atoms with van der Waals surface area (Å²) in [5.74, 6) is -1.46. The van der Waals surface area contributed by atoms with Gasteiger partial charge in [0.2, 0.25) is 11.8 Å². The number of carbonyl (C=O) groups excluding carboxylic acids is 1. The van der Waals surface area contributed by atoms with Crippen LogP contribution in [-0.2, 0) is 17.9 Å². The topological polar surface area (TPSA) is 140 Å². The summed E-state index contributed by atoms with van der Waals surface area (Å²) in [4.78, 5) is 34.1.